The van der Waals surface area contributed by atoms with E-state index in [9.17, 15) is 4.79 Å². The van der Waals surface area contributed by atoms with Crippen LogP contribution >= 0.6 is 11.8 Å². The Balaban J connectivity index is 2.19. The molecule has 0 aromatic heterocycles. The van der Waals surface area contributed by atoms with Crippen LogP contribution in [0.5, 0.6) is 5.75 Å². The van der Waals surface area contributed by atoms with Gasteiger partial charge in [0.2, 0.25) is 0 Å². The molecule has 4 nitrogen and oxygen atoms in total. The van der Waals surface area contributed by atoms with Gasteiger partial charge in [0.05, 0.1) is 7.11 Å². The highest BCUT2D eigenvalue weighted by atomic mass is 32.2. The molecule has 1 heterocycles. The number of carboxylic acids is 1. The van der Waals surface area contributed by atoms with Crippen molar-refractivity contribution < 1.29 is 14.6 Å². The first kappa shape index (κ1) is 15.9. The van der Waals surface area contributed by atoms with E-state index in [1.165, 1.54) is 0 Å². The van der Waals surface area contributed by atoms with E-state index < -0.39 is 5.97 Å². The van der Waals surface area contributed by atoms with Crippen molar-refractivity contribution in [1.29, 1.82) is 0 Å². The Morgan fingerprint density at radius 3 is 3.05 bits per heavy atom. The number of carbonyl (C=O) groups is 1. The third-order valence-corrected chi connectivity index (χ3v) is 4.79. The molecule has 1 aliphatic rings. The van der Waals surface area contributed by atoms with E-state index in [1.54, 1.807) is 13.2 Å². The summed E-state index contributed by atoms with van der Waals surface area (Å²) in [4.78, 5) is 13.1. The van der Waals surface area contributed by atoms with Crippen LogP contribution in [0.4, 0.5) is 0 Å². The molecule has 0 bridgehead atoms. The van der Waals surface area contributed by atoms with Crippen LogP contribution in [-0.4, -0.2) is 47.2 Å². The third kappa shape index (κ3) is 4.51. The SMILES string of the molecule is COc1ccc(C=CC(=O)O)cc1CN1CCSCC1C. The van der Waals surface area contributed by atoms with Gasteiger partial charge in [-0.2, -0.15) is 11.8 Å². The molecule has 1 aromatic carbocycles. The van der Waals surface area contributed by atoms with E-state index in [0.29, 0.717) is 6.04 Å². The molecular weight excluding hydrogens is 286 g/mol. The lowest BCUT2D eigenvalue weighted by Gasteiger charge is -2.33. The summed E-state index contributed by atoms with van der Waals surface area (Å²) in [5.74, 6) is 2.23. The molecule has 0 amide bonds. The van der Waals surface area contributed by atoms with Gasteiger partial charge in [-0.15, -0.1) is 0 Å². The minimum Gasteiger partial charge on any atom is -0.496 e. The fourth-order valence-corrected chi connectivity index (χ4v) is 3.49. The summed E-state index contributed by atoms with van der Waals surface area (Å²) in [6, 6.07) is 6.33. The molecule has 1 fully saturated rings. The first-order valence-electron chi connectivity index (χ1n) is 7.00. The van der Waals surface area contributed by atoms with Crippen LogP contribution < -0.4 is 4.74 Å². The second kappa shape index (κ2) is 7.52. The number of nitrogens with zero attached hydrogens (tertiary/aromatic N) is 1. The standard InChI is InChI=1S/C16H21NO3S/c1-12-11-21-8-7-17(12)10-14-9-13(4-6-16(18)19)3-5-15(14)20-2/h3-6,9,12H,7-8,10-11H2,1-2H3,(H,18,19). The van der Waals surface area contributed by atoms with E-state index in [4.69, 9.17) is 9.84 Å². The van der Waals surface area contributed by atoms with Crippen LogP contribution in [0.3, 0.4) is 0 Å². The number of carboxylic acid groups (broad SMARTS) is 1. The Bertz CT molecular complexity index is 530. The second-order valence-corrected chi connectivity index (χ2v) is 6.29. The fourth-order valence-electron chi connectivity index (χ4n) is 2.41. The molecule has 1 aliphatic heterocycles. The van der Waals surface area contributed by atoms with Gasteiger partial charge in [0.25, 0.3) is 0 Å². The number of hydrogen-bond donors (Lipinski definition) is 1. The Morgan fingerprint density at radius 2 is 2.38 bits per heavy atom. The van der Waals surface area contributed by atoms with E-state index in [0.717, 1.165) is 47.5 Å². The summed E-state index contributed by atoms with van der Waals surface area (Å²) in [7, 11) is 1.67. The summed E-state index contributed by atoms with van der Waals surface area (Å²) < 4.78 is 5.43. The number of rotatable bonds is 5. The Kier molecular flexibility index (Phi) is 5.70. The summed E-state index contributed by atoms with van der Waals surface area (Å²) >= 11 is 1.99. The molecule has 1 unspecified atom stereocenters. The number of benzene rings is 1. The van der Waals surface area contributed by atoms with Crippen LogP contribution in [0.25, 0.3) is 6.08 Å². The van der Waals surface area contributed by atoms with E-state index in [2.05, 4.69) is 11.8 Å². The maximum Gasteiger partial charge on any atom is 0.328 e. The lowest BCUT2D eigenvalue weighted by atomic mass is 10.1. The molecule has 2 rings (SSSR count). The highest BCUT2D eigenvalue weighted by molar-refractivity contribution is 7.99. The zero-order valence-corrected chi connectivity index (χ0v) is 13.2. The van der Waals surface area contributed by atoms with Crippen LogP contribution in [0, 0.1) is 0 Å². The highest BCUT2D eigenvalue weighted by Gasteiger charge is 2.19. The van der Waals surface area contributed by atoms with Gasteiger partial charge in [-0.25, -0.2) is 4.79 Å². The van der Waals surface area contributed by atoms with Gasteiger partial charge in [0.1, 0.15) is 5.75 Å². The summed E-state index contributed by atoms with van der Waals surface area (Å²) in [6.07, 6.45) is 2.77. The molecule has 1 N–H and O–H groups in total. The van der Waals surface area contributed by atoms with Crippen molar-refractivity contribution in [2.45, 2.75) is 19.5 Å². The Morgan fingerprint density at radius 1 is 1.57 bits per heavy atom. The minimum atomic E-state index is -0.936. The van der Waals surface area contributed by atoms with Crippen molar-refractivity contribution in [3.8, 4) is 5.75 Å². The van der Waals surface area contributed by atoms with Crippen molar-refractivity contribution in [1.82, 2.24) is 4.90 Å². The van der Waals surface area contributed by atoms with E-state index in [-0.39, 0.29) is 0 Å². The van der Waals surface area contributed by atoms with Crippen molar-refractivity contribution >= 4 is 23.8 Å². The smallest absolute Gasteiger partial charge is 0.328 e. The largest absolute Gasteiger partial charge is 0.496 e. The Hall–Kier alpha value is -1.46. The first-order valence-corrected chi connectivity index (χ1v) is 8.15. The fraction of sp³-hybridized carbons (Fsp3) is 0.438. The monoisotopic (exact) mass is 307 g/mol. The average Bonchev–Trinajstić information content (AvgIpc) is 2.47. The predicted molar refractivity (Wildman–Crippen MR) is 86.9 cm³/mol. The number of hydrogen-bond acceptors (Lipinski definition) is 4. The van der Waals surface area contributed by atoms with Crippen LogP contribution in [0.15, 0.2) is 24.3 Å². The molecule has 1 atom stereocenters. The quantitative estimate of drug-likeness (QED) is 0.848. The summed E-state index contributed by atoms with van der Waals surface area (Å²) in [5.41, 5.74) is 1.98. The summed E-state index contributed by atoms with van der Waals surface area (Å²) in [6.45, 7) is 4.15. The van der Waals surface area contributed by atoms with E-state index in [1.807, 2.05) is 30.0 Å². The van der Waals surface area contributed by atoms with Gasteiger partial charge in [-0.1, -0.05) is 6.07 Å². The van der Waals surface area contributed by atoms with Crippen LogP contribution in [-0.2, 0) is 11.3 Å². The van der Waals surface area contributed by atoms with Crippen molar-refractivity contribution in [3.63, 3.8) is 0 Å². The molecule has 0 saturated carbocycles. The maximum atomic E-state index is 10.6. The average molecular weight is 307 g/mol. The van der Waals surface area contributed by atoms with Crippen LogP contribution in [0.1, 0.15) is 18.1 Å². The van der Waals surface area contributed by atoms with Gasteiger partial charge in [0, 0.05) is 42.3 Å². The van der Waals surface area contributed by atoms with Gasteiger partial charge >= 0.3 is 5.97 Å². The van der Waals surface area contributed by atoms with Gasteiger partial charge < -0.3 is 9.84 Å². The normalized spacial score (nSPS) is 19.8. The van der Waals surface area contributed by atoms with Gasteiger partial charge in [0.15, 0.2) is 0 Å². The Labute approximate surface area is 129 Å². The van der Waals surface area contributed by atoms with Crippen molar-refractivity contribution in [2.75, 3.05) is 25.2 Å². The second-order valence-electron chi connectivity index (χ2n) is 5.14. The number of aliphatic carboxylic acids is 1. The minimum absolute atomic E-state index is 0.548. The van der Waals surface area contributed by atoms with Crippen LogP contribution in [0.2, 0.25) is 0 Å². The molecule has 21 heavy (non-hydrogen) atoms. The third-order valence-electron chi connectivity index (χ3n) is 3.60. The zero-order chi connectivity index (χ0) is 15.2. The molecule has 0 spiro atoms. The highest BCUT2D eigenvalue weighted by Crippen LogP contribution is 2.25. The van der Waals surface area contributed by atoms with Crippen molar-refractivity contribution in [2.24, 2.45) is 0 Å². The first-order chi connectivity index (χ1) is 10.1. The number of methoxy groups -OCH3 is 1. The molecule has 1 aromatic rings. The molecule has 1 saturated heterocycles. The topological polar surface area (TPSA) is 49.8 Å². The molecular formula is C16H21NO3S. The summed E-state index contributed by atoms with van der Waals surface area (Å²) in [5, 5.41) is 8.72. The lowest BCUT2D eigenvalue weighted by molar-refractivity contribution is -0.131. The number of ether oxygens (including phenoxy) is 1. The van der Waals surface area contributed by atoms with E-state index >= 15 is 0 Å². The van der Waals surface area contributed by atoms with Gasteiger partial charge in [-0.05, 0) is 30.7 Å². The van der Waals surface area contributed by atoms with Gasteiger partial charge in [-0.3, -0.25) is 4.90 Å². The molecule has 0 aliphatic carbocycles. The van der Waals surface area contributed by atoms with Crippen molar-refractivity contribution in [3.05, 3.63) is 35.4 Å². The molecule has 0 radical (unpaired) electrons. The maximum absolute atomic E-state index is 10.6. The lowest BCUT2D eigenvalue weighted by Crippen LogP contribution is -2.39. The number of thioether (sulfide) groups is 1. The molecule has 114 valence electrons. The zero-order valence-electron chi connectivity index (χ0n) is 12.4. The predicted octanol–water partition coefficient (Wildman–Crippen LogP) is 2.73. The molecule has 5 heteroatoms.